The van der Waals surface area contributed by atoms with Crippen molar-refractivity contribution in [2.45, 2.75) is 5.92 Å². The molecule has 2 aromatic carbocycles. The molecule has 2 amide bonds. The molecule has 4 rings (SSSR count). The first kappa shape index (κ1) is 20.3. The second kappa shape index (κ2) is 9.23. The van der Waals surface area contributed by atoms with Crippen LogP contribution in [0.4, 0.5) is 4.79 Å². The van der Waals surface area contributed by atoms with E-state index in [2.05, 4.69) is 40.0 Å². The molecule has 0 aliphatic heterocycles. The molecule has 0 saturated heterocycles. The summed E-state index contributed by atoms with van der Waals surface area (Å²) in [7, 11) is 0. The van der Waals surface area contributed by atoms with Crippen molar-refractivity contribution in [2.24, 2.45) is 5.84 Å². The third-order valence-corrected chi connectivity index (χ3v) is 5.17. The number of carbonyl (C=O) groups excluding carboxylic acids is 2. The van der Waals surface area contributed by atoms with Crippen molar-refractivity contribution in [3.8, 4) is 11.1 Å². The highest BCUT2D eigenvalue weighted by atomic mass is 16.5. The zero-order valence-electron chi connectivity index (χ0n) is 16.7. The highest BCUT2D eigenvalue weighted by Crippen LogP contribution is 2.44. The first-order valence-corrected chi connectivity index (χ1v) is 9.88. The Morgan fingerprint density at radius 3 is 2.39 bits per heavy atom. The maximum Gasteiger partial charge on any atom is 0.407 e. The van der Waals surface area contributed by atoms with Gasteiger partial charge in [-0.1, -0.05) is 60.7 Å². The smallest absolute Gasteiger partial charge is 0.407 e. The monoisotopic (exact) mass is 414 g/mol. The normalized spacial score (nSPS) is 12.3. The summed E-state index contributed by atoms with van der Waals surface area (Å²) < 4.78 is 5.49. The molecule has 1 heterocycles. The number of alkyl carbamates (subject to hydrolysis) is 1. The summed E-state index contributed by atoms with van der Waals surface area (Å²) in [4.78, 5) is 27.7. The lowest BCUT2D eigenvalue weighted by Crippen LogP contribution is -2.30. The van der Waals surface area contributed by atoms with E-state index in [-0.39, 0.29) is 19.1 Å². The SMILES string of the molecule is NNC(=O)c1cncc(C=CCNC(=O)OCC2c3ccccc3-c3ccccc32)c1. The van der Waals surface area contributed by atoms with Gasteiger partial charge in [0, 0.05) is 24.9 Å². The number of nitrogens with two attached hydrogens (primary N) is 1. The number of hydrogen-bond donors (Lipinski definition) is 3. The predicted octanol–water partition coefficient (Wildman–Crippen LogP) is 3.24. The van der Waals surface area contributed by atoms with Crippen LogP contribution >= 0.6 is 0 Å². The minimum Gasteiger partial charge on any atom is -0.449 e. The highest BCUT2D eigenvalue weighted by molar-refractivity contribution is 5.93. The zero-order chi connectivity index (χ0) is 21.6. The molecule has 31 heavy (non-hydrogen) atoms. The molecule has 3 aromatic rings. The van der Waals surface area contributed by atoms with E-state index in [0.717, 1.165) is 5.56 Å². The van der Waals surface area contributed by atoms with Gasteiger partial charge in [-0.25, -0.2) is 10.6 Å². The maximum atomic E-state index is 12.2. The number of rotatable bonds is 6. The summed E-state index contributed by atoms with van der Waals surface area (Å²) in [6.45, 7) is 0.549. The second-order valence-corrected chi connectivity index (χ2v) is 7.09. The Labute approximate surface area is 179 Å². The molecular weight excluding hydrogens is 392 g/mol. The molecular formula is C24H22N4O3. The van der Waals surface area contributed by atoms with Gasteiger partial charge in [-0.15, -0.1) is 0 Å². The molecule has 1 aliphatic carbocycles. The Kier molecular flexibility index (Phi) is 6.05. The van der Waals surface area contributed by atoms with Crippen LogP contribution in [-0.2, 0) is 4.74 Å². The summed E-state index contributed by atoms with van der Waals surface area (Å²) in [6, 6.07) is 18.1. The van der Waals surface area contributed by atoms with Gasteiger partial charge in [0.15, 0.2) is 0 Å². The standard InChI is InChI=1S/C24H22N4O3/c25-28-23(29)17-12-16(13-26-14-17)6-5-11-27-24(30)31-15-22-20-9-3-1-7-18(20)19-8-2-4-10-21(19)22/h1-10,12-14,22H,11,15,25H2,(H,27,30)(H,28,29). The first-order chi connectivity index (χ1) is 15.2. The summed E-state index contributed by atoms with van der Waals surface area (Å²) in [5.41, 5.74) is 7.86. The van der Waals surface area contributed by atoms with Crippen molar-refractivity contribution in [3.05, 3.63) is 95.3 Å². The van der Waals surface area contributed by atoms with Crippen molar-refractivity contribution in [1.29, 1.82) is 0 Å². The van der Waals surface area contributed by atoms with Gasteiger partial charge in [0.2, 0.25) is 0 Å². The molecule has 1 aliphatic rings. The Morgan fingerprint density at radius 2 is 1.71 bits per heavy atom. The lowest BCUT2D eigenvalue weighted by Gasteiger charge is -2.14. The largest absolute Gasteiger partial charge is 0.449 e. The van der Waals surface area contributed by atoms with Crippen molar-refractivity contribution in [3.63, 3.8) is 0 Å². The van der Waals surface area contributed by atoms with Crippen LogP contribution < -0.4 is 16.6 Å². The average molecular weight is 414 g/mol. The van der Waals surface area contributed by atoms with E-state index in [1.165, 1.54) is 28.5 Å². The van der Waals surface area contributed by atoms with Gasteiger partial charge < -0.3 is 10.1 Å². The number of benzene rings is 2. The topological polar surface area (TPSA) is 106 Å². The molecule has 4 N–H and O–H groups in total. The molecule has 7 heteroatoms. The number of nitrogen functional groups attached to an aromatic ring is 1. The quantitative estimate of drug-likeness (QED) is 0.326. The van der Waals surface area contributed by atoms with Crippen LogP contribution in [0.3, 0.4) is 0 Å². The number of hydrazine groups is 1. The van der Waals surface area contributed by atoms with E-state index in [9.17, 15) is 9.59 Å². The number of pyridine rings is 1. The lowest BCUT2D eigenvalue weighted by molar-refractivity contribution is 0.0953. The van der Waals surface area contributed by atoms with E-state index < -0.39 is 12.0 Å². The fourth-order valence-corrected chi connectivity index (χ4v) is 3.74. The van der Waals surface area contributed by atoms with Gasteiger partial charge in [0.05, 0.1) is 5.56 Å². The molecule has 0 saturated carbocycles. The zero-order valence-corrected chi connectivity index (χ0v) is 16.7. The van der Waals surface area contributed by atoms with E-state index in [1.54, 1.807) is 24.4 Å². The average Bonchev–Trinajstić information content (AvgIpc) is 3.14. The van der Waals surface area contributed by atoms with Gasteiger partial charge in [-0.3, -0.25) is 15.2 Å². The van der Waals surface area contributed by atoms with Gasteiger partial charge in [-0.05, 0) is 33.9 Å². The Morgan fingerprint density at radius 1 is 1.03 bits per heavy atom. The van der Waals surface area contributed by atoms with E-state index in [4.69, 9.17) is 10.6 Å². The molecule has 1 aromatic heterocycles. The Hall–Kier alpha value is -3.97. The van der Waals surface area contributed by atoms with Gasteiger partial charge >= 0.3 is 6.09 Å². The minimum absolute atomic E-state index is 0.0243. The Balaban J connectivity index is 1.31. The summed E-state index contributed by atoms with van der Waals surface area (Å²) >= 11 is 0. The van der Waals surface area contributed by atoms with Crippen LogP contribution in [0.5, 0.6) is 0 Å². The maximum absolute atomic E-state index is 12.2. The Bertz CT molecular complexity index is 1100. The third-order valence-electron chi connectivity index (χ3n) is 5.17. The number of carbonyl (C=O) groups is 2. The van der Waals surface area contributed by atoms with E-state index >= 15 is 0 Å². The second-order valence-electron chi connectivity index (χ2n) is 7.09. The van der Waals surface area contributed by atoms with E-state index in [0.29, 0.717) is 5.56 Å². The number of nitrogens with zero attached hydrogens (tertiary/aromatic N) is 1. The molecule has 156 valence electrons. The highest BCUT2D eigenvalue weighted by Gasteiger charge is 2.28. The van der Waals surface area contributed by atoms with Crippen LogP contribution in [0, 0.1) is 0 Å². The van der Waals surface area contributed by atoms with Crippen molar-refractivity contribution in [2.75, 3.05) is 13.2 Å². The summed E-state index contributed by atoms with van der Waals surface area (Å²) in [6.07, 6.45) is 6.05. The molecule has 0 atom stereocenters. The molecule has 0 spiro atoms. The number of nitrogens with one attached hydrogen (secondary N) is 2. The van der Waals surface area contributed by atoms with Crippen LogP contribution in [0.1, 0.15) is 33.0 Å². The number of ether oxygens (including phenoxy) is 1. The van der Waals surface area contributed by atoms with Gasteiger partial charge in [0.25, 0.3) is 5.91 Å². The van der Waals surface area contributed by atoms with E-state index in [1.807, 2.05) is 24.3 Å². The molecule has 0 unspecified atom stereocenters. The predicted molar refractivity (Wildman–Crippen MR) is 118 cm³/mol. The summed E-state index contributed by atoms with van der Waals surface area (Å²) in [5, 5.41) is 2.71. The van der Waals surface area contributed by atoms with Crippen molar-refractivity contribution in [1.82, 2.24) is 15.7 Å². The van der Waals surface area contributed by atoms with Crippen LogP contribution in [0.15, 0.2) is 73.1 Å². The van der Waals surface area contributed by atoms with Crippen molar-refractivity contribution < 1.29 is 14.3 Å². The minimum atomic E-state index is -0.485. The molecule has 0 radical (unpaired) electrons. The molecule has 0 bridgehead atoms. The van der Waals surface area contributed by atoms with Gasteiger partial charge in [0.1, 0.15) is 6.61 Å². The number of amides is 2. The van der Waals surface area contributed by atoms with Crippen LogP contribution in [0.2, 0.25) is 0 Å². The van der Waals surface area contributed by atoms with Crippen LogP contribution in [0.25, 0.3) is 17.2 Å². The number of fused-ring (bicyclic) bond motifs is 3. The molecule has 7 nitrogen and oxygen atoms in total. The summed E-state index contributed by atoms with van der Waals surface area (Å²) in [5.74, 6) is 4.74. The number of hydrogen-bond acceptors (Lipinski definition) is 5. The third kappa shape index (κ3) is 4.46. The fourth-order valence-electron chi connectivity index (χ4n) is 3.74. The first-order valence-electron chi connectivity index (χ1n) is 9.88. The lowest BCUT2D eigenvalue weighted by atomic mass is 9.98. The fraction of sp³-hybridized carbons (Fsp3) is 0.125. The number of aromatic nitrogens is 1. The molecule has 0 fully saturated rings. The van der Waals surface area contributed by atoms with Crippen molar-refractivity contribution >= 4 is 18.1 Å². The van der Waals surface area contributed by atoms with Crippen LogP contribution in [-0.4, -0.2) is 30.1 Å². The van der Waals surface area contributed by atoms with Gasteiger partial charge in [-0.2, -0.15) is 0 Å².